The number of methoxy groups -OCH3 is 2. The van der Waals surface area contributed by atoms with Gasteiger partial charge in [-0.15, -0.1) is 10.2 Å². The Morgan fingerprint density at radius 2 is 1.96 bits per heavy atom. The highest BCUT2D eigenvalue weighted by Gasteiger charge is 2.22. The van der Waals surface area contributed by atoms with E-state index in [2.05, 4.69) is 20.1 Å². The average molecular weight is 344 g/mol. The van der Waals surface area contributed by atoms with E-state index in [1.54, 1.807) is 14.2 Å². The third-order valence-corrected chi connectivity index (χ3v) is 4.45. The van der Waals surface area contributed by atoms with E-state index in [0.29, 0.717) is 12.8 Å². The maximum atomic E-state index is 12.3. The summed E-state index contributed by atoms with van der Waals surface area (Å²) in [6.07, 6.45) is 3.06. The van der Waals surface area contributed by atoms with Gasteiger partial charge in [0, 0.05) is 25.5 Å². The molecule has 7 heteroatoms. The van der Waals surface area contributed by atoms with Gasteiger partial charge in [0.2, 0.25) is 5.91 Å². The molecule has 0 aliphatic carbocycles. The molecule has 2 aromatic rings. The number of hydrogen-bond donors (Lipinski definition) is 1. The van der Waals surface area contributed by atoms with Crippen molar-refractivity contribution in [2.75, 3.05) is 14.2 Å². The van der Waals surface area contributed by atoms with Crippen molar-refractivity contribution in [2.24, 2.45) is 0 Å². The molecule has 1 unspecified atom stereocenters. The number of benzene rings is 1. The van der Waals surface area contributed by atoms with Crippen molar-refractivity contribution in [3.8, 4) is 11.5 Å². The summed E-state index contributed by atoms with van der Waals surface area (Å²) in [6.45, 7) is 2.88. The lowest BCUT2D eigenvalue weighted by Crippen LogP contribution is -2.28. The Morgan fingerprint density at radius 3 is 2.64 bits per heavy atom. The van der Waals surface area contributed by atoms with Crippen LogP contribution in [-0.4, -0.2) is 34.9 Å². The molecule has 134 valence electrons. The van der Waals surface area contributed by atoms with Gasteiger partial charge in [-0.3, -0.25) is 4.79 Å². The first kappa shape index (κ1) is 17.3. The molecular weight excluding hydrogens is 320 g/mol. The van der Waals surface area contributed by atoms with Gasteiger partial charge >= 0.3 is 0 Å². The first-order chi connectivity index (χ1) is 12.1. The number of hydrogen-bond acceptors (Lipinski definition) is 5. The second kappa shape index (κ2) is 7.55. The number of fused-ring (bicyclic) bond motifs is 1. The Balaban J connectivity index is 1.57. The van der Waals surface area contributed by atoms with Crippen LogP contribution >= 0.6 is 0 Å². The first-order valence-corrected chi connectivity index (χ1v) is 8.54. The van der Waals surface area contributed by atoms with Crippen molar-refractivity contribution >= 4 is 5.91 Å². The highest BCUT2D eigenvalue weighted by Crippen LogP contribution is 2.23. The lowest BCUT2D eigenvalue weighted by atomic mass is 10.1. The summed E-state index contributed by atoms with van der Waals surface area (Å²) in [5, 5.41) is 11.4. The molecule has 1 N–H and O–H groups in total. The Labute approximate surface area is 147 Å². The molecule has 1 aromatic heterocycles. The van der Waals surface area contributed by atoms with Crippen molar-refractivity contribution in [2.45, 2.75) is 45.2 Å². The molecule has 0 radical (unpaired) electrons. The third-order valence-electron chi connectivity index (χ3n) is 4.45. The molecule has 0 spiro atoms. The van der Waals surface area contributed by atoms with Crippen molar-refractivity contribution < 1.29 is 14.3 Å². The summed E-state index contributed by atoms with van der Waals surface area (Å²) in [6, 6.07) is 5.51. The monoisotopic (exact) mass is 344 g/mol. The van der Waals surface area contributed by atoms with Crippen molar-refractivity contribution in [1.29, 1.82) is 0 Å². The predicted molar refractivity (Wildman–Crippen MR) is 92.8 cm³/mol. The second-order valence-electron chi connectivity index (χ2n) is 6.24. The number of aryl methyl sites for hydroxylation is 2. The number of aromatic nitrogens is 3. The zero-order chi connectivity index (χ0) is 17.8. The molecule has 1 aliphatic heterocycles. The van der Waals surface area contributed by atoms with Gasteiger partial charge in [0.05, 0.1) is 20.3 Å². The maximum absolute atomic E-state index is 12.3. The number of nitrogens with zero attached hydrogens (tertiary/aromatic N) is 3. The molecule has 2 heterocycles. The third kappa shape index (κ3) is 3.92. The molecule has 1 atom stereocenters. The predicted octanol–water partition coefficient (Wildman–Crippen LogP) is 2.05. The minimum absolute atomic E-state index is 0.00960. The van der Waals surface area contributed by atoms with Gasteiger partial charge < -0.3 is 19.4 Å². The van der Waals surface area contributed by atoms with E-state index >= 15 is 0 Å². The molecule has 1 aliphatic rings. The molecule has 1 aromatic carbocycles. The van der Waals surface area contributed by atoms with Gasteiger partial charge in [-0.1, -0.05) is 0 Å². The van der Waals surface area contributed by atoms with E-state index in [-0.39, 0.29) is 11.9 Å². The molecule has 3 rings (SSSR count). The first-order valence-electron chi connectivity index (χ1n) is 8.54. The lowest BCUT2D eigenvalue weighted by Gasteiger charge is -2.14. The topological polar surface area (TPSA) is 78.3 Å². The number of carbonyl (C=O) groups excluding carboxylic acids is 1. The fourth-order valence-corrected chi connectivity index (χ4v) is 3.14. The fourth-order valence-electron chi connectivity index (χ4n) is 3.14. The molecule has 0 saturated carbocycles. The fraction of sp³-hybridized carbons (Fsp3) is 0.500. The van der Waals surface area contributed by atoms with Crippen LogP contribution in [0.25, 0.3) is 0 Å². The Kier molecular flexibility index (Phi) is 5.21. The van der Waals surface area contributed by atoms with Gasteiger partial charge in [0.1, 0.15) is 17.3 Å². The van der Waals surface area contributed by atoms with E-state index in [4.69, 9.17) is 9.47 Å². The zero-order valence-electron chi connectivity index (χ0n) is 14.9. The number of ether oxygens (including phenoxy) is 2. The van der Waals surface area contributed by atoms with E-state index in [9.17, 15) is 4.79 Å². The van der Waals surface area contributed by atoms with Gasteiger partial charge in [-0.2, -0.15) is 0 Å². The number of carbonyl (C=O) groups is 1. The second-order valence-corrected chi connectivity index (χ2v) is 6.24. The molecule has 0 bridgehead atoms. The van der Waals surface area contributed by atoms with Crippen molar-refractivity contribution in [1.82, 2.24) is 20.1 Å². The number of nitrogens with one attached hydrogen (secondary N) is 1. The van der Waals surface area contributed by atoms with Gasteiger partial charge in [0.15, 0.2) is 5.82 Å². The van der Waals surface area contributed by atoms with Crippen LogP contribution in [0.4, 0.5) is 0 Å². The zero-order valence-corrected chi connectivity index (χ0v) is 14.9. The highest BCUT2D eigenvalue weighted by molar-refractivity contribution is 5.76. The normalized spacial score (nSPS) is 14.0. The quantitative estimate of drug-likeness (QED) is 0.832. The minimum atomic E-state index is -0.147. The largest absolute Gasteiger partial charge is 0.497 e. The van der Waals surface area contributed by atoms with Gasteiger partial charge in [0.25, 0.3) is 0 Å². The maximum Gasteiger partial charge on any atom is 0.220 e. The molecule has 0 saturated heterocycles. The van der Waals surface area contributed by atoms with Crippen LogP contribution in [0.2, 0.25) is 0 Å². The van der Waals surface area contributed by atoms with E-state index in [1.165, 1.54) is 0 Å². The van der Waals surface area contributed by atoms with Crippen molar-refractivity contribution in [3.05, 3.63) is 35.4 Å². The van der Waals surface area contributed by atoms with Gasteiger partial charge in [-0.25, -0.2) is 0 Å². The average Bonchev–Trinajstić information content (AvgIpc) is 3.22. The van der Waals surface area contributed by atoms with Crippen LogP contribution in [0, 0.1) is 0 Å². The van der Waals surface area contributed by atoms with Crippen LogP contribution < -0.4 is 14.8 Å². The summed E-state index contributed by atoms with van der Waals surface area (Å²) in [5.41, 5.74) is 1.00. The van der Waals surface area contributed by atoms with Crippen LogP contribution in [0.1, 0.15) is 43.0 Å². The Bertz CT molecular complexity index is 735. The standard InChI is InChI=1S/C18H24N4O3/c1-12(18-21-20-16-5-4-8-22(16)18)19-17(23)7-6-13-9-14(24-2)11-15(10-13)25-3/h9-12H,4-8H2,1-3H3,(H,19,23). The highest BCUT2D eigenvalue weighted by atomic mass is 16.5. The van der Waals surface area contributed by atoms with E-state index < -0.39 is 0 Å². The van der Waals surface area contributed by atoms with Crippen molar-refractivity contribution in [3.63, 3.8) is 0 Å². The number of amides is 1. The van der Waals surface area contributed by atoms with Crippen LogP contribution in [-0.2, 0) is 24.2 Å². The Morgan fingerprint density at radius 1 is 1.24 bits per heavy atom. The minimum Gasteiger partial charge on any atom is -0.497 e. The summed E-state index contributed by atoms with van der Waals surface area (Å²) in [7, 11) is 3.23. The lowest BCUT2D eigenvalue weighted by molar-refractivity contribution is -0.121. The van der Waals surface area contributed by atoms with Gasteiger partial charge in [-0.05, 0) is 37.5 Å². The number of rotatable bonds is 7. The summed E-state index contributed by atoms with van der Waals surface area (Å²) >= 11 is 0. The SMILES string of the molecule is COc1cc(CCC(=O)NC(C)c2nnc3n2CCC3)cc(OC)c1. The smallest absolute Gasteiger partial charge is 0.220 e. The summed E-state index contributed by atoms with van der Waals surface area (Å²) in [4.78, 5) is 12.3. The molecule has 25 heavy (non-hydrogen) atoms. The molecule has 1 amide bonds. The van der Waals surface area contributed by atoms with Crippen LogP contribution in [0.5, 0.6) is 11.5 Å². The van der Waals surface area contributed by atoms with E-state index in [1.807, 2.05) is 25.1 Å². The molecular formula is C18H24N4O3. The summed E-state index contributed by atoms with van der Waals surface area (Å²) in [5.74, 6) is 3.29. The molecule has 7 nitrogen and oxygen atoms in total. The van der Waals surface area contributed by atoms with E-state index in [0.717, 1.165) is 48.1 Å². The Hall–Kier alpha value is -2.57. The van der Waals surface area contributed by atoms with Crippen LogP contribution in [0.3, 0.4) is 0 Å². The summed E-state index contributed by atoms with van der Waals surface area (Å²) < 4.78 is 12.6. The van der Waals surface area contributed by atoms with Crippen LogP contribution in [0.15, 0.2) is 18.2 Å². The molecule has 0 fully saturated rings.